The van der Waals surface area contributed by atoms with Crippen molar-refractivity contribution < 1.29 is 9.90 Å². The number of amides is 1. The highest BCUT2D eigenvalue weighted by Crippen LogP contribution is 2.29. The van der Waals surface area contributed by atoms with E-state index in [0.29, 0.717) is 24.0 Å². The molecule has 32 heavy (non-hydrogen) atoms. The zero-order valence-corrected chi connectivity index (χ0v) is 19.1. The highest BCUT2D eigenvalue weighted by atomic mass is 16.3. The lowest BCUT2D eigenvalue weighted by Crippen LogP contribution is -2.41. The van der Waals surface area contributed by atoms with Crippen molar-refractivity contribution in [3.8, 4) is 5.88 Å². The van der Waals surface area contributed by atoms with E-state index in [1.54, 1.807) is 6.07 Å². The summed E-state index contributed by atoms with van der Waals surface area (Å²) in [6.07, 6.45) is 9.37. The lowest BCUT2D eigenvalue weighted by Gasteiger charge is -2.35. The number of aromatic nitrogens is 1. The van der Waals surface area contributed by atoms with Gasteiger partial charge in [0.1, 0.15) is 0 Å². The number of fused-ring (bicyclic) bond motifs is 1. The molecule has 2 N–H and O–H groups in total. The number of aromatic hydroxyl groups is 1. The molecule has 0 aliphatic carbocycles. The average Bonchev–Trinajstić information content (AvgIpc) is 3.13. The van der Waals surface area contributed by atoms with Gasteiger partial charge in [0.05, 0.1) is 6.54 Å². The van der Waals surface area contributed by atoms with E-state index in [9.17, 15) is 9.90 Å². The number of nitrogens with zero attached hydrogens (tertiary/aromatic N) is 2. The Labute approximate surface area is 191 Å². The summed E-state index contributed by atoms with van der Waals surface area (Å²) in [7, 11) is 0. The second kappa shape index (κ2) is 10.7. The van der Waals surface area contributed by atoms with Crippen LogP contribution in [-0.4, -0.2) is 46.2 Å². The Morgan fingerprint density at radius 3 is 2.81 bits per heavy atom. The van der Waals surface area contributed by atoms with Crippen molar-refractivity contribution in [1.82, 2.24) is 14.8 Å². The molecule has 1 amide bonds. The van der Waals surface area contributed by atoms with E-state index in [-0.39, 0.29) is 11.8 Å². The minimum absolute atomic E-state index is 0.0779. The number of benzene rings is 2. The smallest absolute Gasteiger partial charge is 0.251 e. The summed E-state index contributed by atoms with van der Waals surface area (Å²) in [6, 6.07) is 16.3. The van der Waals surface area contributed by atoms with Crippen LogP contribution in [0.3, 0.4) is 0 Å². The van der Waals surface area contributed by atoms with Crippen LogP contribution >= 0.6 is 0 Å². The van der Waals surface area contributed by atoms with E-state index in [1.807, 2.05) is 53.2 Å². The number of likely N-dealkylation sites (tertiary alicyclic amines) is 1. The van der Waals surface area contributed by atoms with E-state index < -0.39 is 0 Å². The molecule has 1 unspecified atom stereocenters. The summed E-state index contributed by atoms with van der Waals surface area (Å²) in [4.78, 5) is 15.3. The first-order valence-corrected chi connectivity index (χ1v) is 12.0. The molecule has 0 spiro atoms. The van der Waals surface area contributed by atoms with E-state index in [1.165, 1.54) is 38.6 Å². The van der Waals surface area contributed by atoms with Gasteiger partial charge in [0.15, 0.2) is 5.88 Å². The molecule has 0 saturated carbocycles. The summed E-state index contributed by atoms with van der Waals surface area (Å²) < 4.78 is 1.83. The third-order valence-electron chi connectivity index (χ3n) is 6.60. The zero-order chi connectivity index (χ0) is 22.3. The molecule has 1 fully saturated rings. The SMILES string of the molecule is CCCC1CCCCN1CCCNC(=O)c1ccc2cn(Cc3ccccc3)c(O)c2c1. The zero-order valence-electron chi connectivity index (χ0n) is 19.1. The first-order chi connectivity index (χ1) is 15.7. The van der Waals surface area contributed by atoms with Crippen LogP contribution in [0, 0.1) is 0 Å². The molecule has 3 aromatic rings. The summed E-state index contributed by atoms with van der Waals surface area (Å²) in [5.74, 6) is 0.122. The van der Waals surface area contributed by atoms with Crippen molar-refractivity contribution in [2.45, 2.75) is 58.0 Å². The van der Waals surface area contributed by atoms with Gasteiger partial charge in [-0.1, -0.05) is 56.2 Å². The third-order valence-corrected chi connectivity index (χ3v) is 6.60. The van der Waals surface area contributed by atoms with Gasteiger partial charge in [0.2, 0.25) is 0 Å². The van der Waals surface area contributed by atoms with Gasteiger partial charge in [-0.3, -0.25) is 4.79 Å². The number of hydrogen-bond acceptors (Lipinski definition) is 3. The second-order valence-corrected chi connectivity index (χ2v) is 8.95. The van der Waals surface area contributed by atoms with Crippen LogP contribution in [0.25, 0.3) is 10.8 Å². The number of carbonyl (C=O) groups is 1. The Hall–Kier alpha value is -2.79. The molecular formula is C27H35N3O2. The fraction of sp³-hybridized carbons (Fsp3) is 0.444. The number of piperidine rings is 1. The Balaban J connectivity index is 1.34. The number of hydrogen-bond donors (Lipinski definition) is 2. The van der Waals surface area contributed by atoms with Gasteiger partial charge in [-0.25, -0.2) is 0 Å². The molecule has 2 heterocycles. The molecule has 4 rings (SSSR count). The summed E-state index contributed by atoms with van der Waals surface area (Å²) in [6.45, 7) is 5.77. The molecule has 5 heteroatoms. The molecule has 1 aliphatic heterocycles. The van der Waals surface area contributed by atoms with Gasteiger partial charge >= 0.3 is 0 Å². The van der Waals surface area contributed by atoms with Crippen LogP contribution in [0.4, 0.5) is 0 Å². The van der Waals surface area contributed by atoms with E-state index in [0.717, 1.165) is 30.0 Å². The van der Waals surface area contributed by atoms with E-state index in [4.69, 9.17) is 0 Å². The fourth-order valence-electron chi connectivity index (χ4n) is 4.89. The predicted octanol–water partition coefficient (Wildman–Crippen LogP) is 5.17. The highest BCUT2D eigenvalue weighted by molar-refractivity contribution is 6.00. The molecule has 1 aliphatic rings. The molecule has 170 valence electrons. The van der Waals surface area contributed by atoms with Crippen LogP contribution in [0.1, 0.15) is 61.4 Å². The predicted molar refractivity (Wildman–Crippen MR) is 130 cm³/mol. The van der Waals surface area contributed by atoms with Crippen LogP contribution in [0.2, 0.25) is 0 Å². The average molecular weight is 434 g/mol. The van der Waals surface area contributed by atoms with Crippen molar-refractivity contribution in [2.24, 2.45) is 0 Å². The van der Waals surface area contributed by atoms with Crippen LogP contribution in [0.5, 0.6) is 5.88 Å². The first-order valence-electron chi connectivity index (χ1n) is 12.0. The minimum atomic E-state index is -0.0779. The van der Waals surface area contributed by atoms with E-state index >= 15 is 0 Å². The second-order valence-electron chi connectivity index (χ2n) is 8.95. The standard InChI is InChI=1S/C27H35N3O2/c1-2-9-24-12-6-7-16-29(24)17-8-15-28-26(31)22-13-14-23-20-30(27(32)25(23)18-22)19-21-10-4-3-5-11-21/h3-5,10-11,13-14,18,20,24,32H,2,6-9,12,15-17,19H2,1H3,(H,28,31). The molecular weight excluding hydrogens is 398 g/mol. The van der Waals surface area contributed by atoms with Gasteiger partial charge in [-0.15, -0.1) is 0 Å². The maximum atomic E-state index is 12.7. The summed E-state index contributed by atoms with van der Waals surface area (Å²) in [5, 5.41) is 15.4. The lowest BCUT2D eigenvalue weighted by molar-refractivity contribution is 0.0947. The normalized spacial score (nSPS) is 17.0. The lowest BCUT2D eigenvalue weighted by atomic mass is 9.98. The molecule has 1 atom stereocenters. The monoisotopic (exact) mass is 433 g/mol. The van der Waals surface area contributed by atoms with Crippen LogP contribution in [-0.2, 0) is 6.54 Å². The quantitative estimate of drug-likeness (QED) is 0.458. The van der Waals surface area contributed by atoms with Gasteiger partial charge in [0, 0.05) is 41.7 Å². The van der Waals surface area contributed by atoms with Crippen molar-refractivity contribution in [3.63, 3.8) is 0 Å². The fourth-order valence-corrected chi connectivity index (χ4v) is 4.89. The Bertz CT molecular complexity index is 1030. The number of carbonyl (C=O) groups excluding carboxylic acids is 1. The topological polar surface area (TPSA) is 57.5 Å². The molecule has 5 nitrogen and oxygen atoms in total. The number of rotatable bonds is 9. The highest BCUT2D eigenvalue weighted by Gasteiger charge is 2.21. The van der Waals surface area contributed by atoms with Crippen LogP contribution < -0.4 is 5.32 Å². The molecule has 1 saturated heterocycles. The van der Waals surface area contributed by atoms with Gasteiger partial charge in [-0.05, 0) is 49.9 Å². The molecule has 2 aromatic carbocycles. The summed E-state index contributed by atoms with van der Waals surface area (Å²) in [5.41, 5.74) is 1.71. The molecule has 1 aromatic heterocycles. The largest absolute Gasteiger partial charge is 0.494 e. The summed E-state index contributed by atoms with van der Waals surface area (Å²) >= 11 is 0. The molecule has 0 bridgehead atoms. The number of nitrogens with one attached hydrogen (secondary N) is 1. The maximum Gasteiger partial charge on any atom is 0.251 e. The Morgan fingerprint density at radius 2 is 2.00 bits per heavy atom. The van der Waals surface area contributed by atoms with Crippen molar-refractivity contribution in [2.75, 3.05) is 19.6 Å². The van der Waals surface area contributed by atoms with Crippen molar-refractivity contribution >= 4 is 16.7 Å². The first kappa shape index (κ1) is 22.4. The maximum absolute atomic E-state index is 12.7. The minimum Gasteiger partial charge on any atom is -0.494 e. The van der Waals surface area contributed by atoms with Crippen LogP contribution in [0.15, 0.2) is 54.7 Å². The van der Waals surface area contributed by atoms with Crippen molar-refractivity contribution in [3.05, 3.63) is 65.9 Å². The Morgan fingerprint density at radius 1 is 1.16 bits per heavy atom. The third kappa shape index (κ3) is 5.33. The van der Waals surface area contributed by atoms with Gasteiger partial charge in [-0.2, -0.15) is 0 Å². The molecule has 0 radical (unpaired) electrons. The van der Waals surface area contributed by atoms with Gasteiger partial charge < -0.3 is 19.9 Å². The van der Waals surface area contributed by atoms with Gasteiger partial charge in [0.25, 0.3) is 5.91 Å². The Kier molecular flexibility index (Phi) is 7.48. The van der Waals surface area contributed by atoms with E-state index in [2.05, 4.69) is 17.1 Å². The van der Waals surface area contributed by atoms with Crippen molar-refractivity contribution in [1.29, 1.82) is 0 Å².